The van der Waals surface area contributed by atoms with Crippen LogP contribution in [-0.4, -0.2) is 32.2 Å². The third-order valence-corrected chi connectivity index (χ3v) is 3.21. The van der Waals surface area contributed by atoms with Crippen molar-refractivity contribution in [3.8, 4) is 11.5 Å². The molecule has 0 aromatic heterocycles. The first-order valence-electron chi connectivity index (χ1n) is 6.09. The molecule has 3 heteroatoms. The molecule has 0 atom stereocenters. The predicted molar refractivity (Wildman–Crippen MR) is 68.4 cm³/mol. The minimum Gasteiger partial charge on any atom is -0.496 e. The lowest BCUT2D eigenvalue weighted by atomic mass is 10.1. The second-order valence-corrected chi connectivity index (χ2v) is 4.28. The van der Waals surface area contributed by atoms with E-state index in [2.05, 4.69) is 11.3 Å². The summed E-state index contributed by atoms with van der Waals surface area (Å²) in [5, 5.41) is 0. The molecule has 17 heavy (non-hydrogen) atoms. The highest BCUT2D eigenvalue weighted by molar-refractivity contribution is 5.44. The number of piperidine rings is 1. The van der Waals surface area contributed by atoms with Gasteiger partial charge in [0, 0.05) is 6.54 Å². The Morgan fingerprint density at radius 3 is 2.18 bits per heavy atom. The van der Waals surface area contributed by atoms with Crippen molar-refractivity contribution >= 4 is 0 Å². The monoisotopic (exact) mass is 234 g/mol. The van der Waals surface area contributed by atoms with Crippen molar-refractivity contribution in [3.63, 3.8) is 0 Å². The maximum atomic E-state index is 5.41. The molecule has 3 nitrogen and oxygen atoms in total. The number of hydrogen-bond acceptors (Lipinski definition) is 3. The maximum Gasteiger partial charge on any atom is 0.127 e. The van der Waals surface area contributed by atoms with Gasteiger partial charge in [0.25, 0.3) is 0 Å². The Labute approximate surface area is 103 Å². The summed E-state index contributed by atoms with van der Waals surface area (Å²) in [7, 11) is 3.42. The Morgan fingerprint density at radius 2 is 1.65 bits per heavy atom. The van der Waals surface area contributed by atoms with Crippen molar-refractivity contribution in [2.45, 2.75) is 19.4 Å². The number of nitrogens with zero attached hydrogens (tertiary/aromatic N) is 1. The van der Waals surface area contributed by atoms with Crippen LogP contribution in [0.3, 0.4) is 0 Å². The van der Waals surface area contributed by atoms with E-state index in [-0.39, 0.29) is 0 Å². The third kappa shape index (κ3) is 2.91. The van der Waals surface area contributed by atoms with Crippen LogP contribution in [0.4, 0.5) is 0 Å². The van der Waals surface area contributed by atoms with E-state index in [1.165, 1.54) is 12.8 Å². The Balaban J connectivity index is 2.16. The number of ether oxygens (including phenoxy) is 2. The normalized spacial score (nSPS) is 16.8. The summed E-state index contributed by atoms with van der Waals surface area (Å²) in [5.74, 6) is 1.83. The van der Waals surface area contributed by atoms with Crippen LogP contribution in [0.2, 0.25) is 0 Å². The van der Waals surface area contributed by atoms with Crippen molar-refractivity contribution in [1.82, 2.24) is 4.90 Å². The van der Waals surface area contributed by atoms with Crippen molar-refractivity contribution in [2.24, 2.45) is 0 Å². The summed E-state index contributed by atoms with van der Waals surface area (Å²) in [4.78, 5) is 2.44. The van der Waals surface area contributed by atoms with Crippen LogP contribution >= 0.6 is 0 Å². The van der Waals surface area contributed by atoms with Gasteiger partial charge in [-0.1, -0.05) is 6.07 Å². The van der Waals surface area contributed by atoms with Gasteiger partial charge in [-0.05, 0) is 44.5 Å². The highest BCUT2D eigenvalue weighted by Gasteiger charge is 2.16. The molecule has 0 spiro atoms. The highest BCUT2D eigenvalue weighted by atomic mass is 16.5. The van der Waals surface area contributed by atoms with Gasteiger partial charge in [-0.25, -0.2) is 0 Å². The lowest BCUT2D eigenvalue weighted by Crippen LogP contribution is -2.29. The average Bonchev–Trinajstić information content (AvgIpc) is 2.40. The largest absolute Gasteiger partial charge is 0.496 e. The fourth-order valence-electron chi connectivity index (χ4n) is 2.27. The minimum absolute atomic E-state index is 0.904. The van der Waals surface area contributed by atoms with Crippen LogP contribution in [0.15, 0.2) is 18.2 Å². The second-order valence-electron chi connectivity index (χ2n) is 4.28. The molecule has 1 fully saturated rings. The van der Waals surface area contributed by atoms with Crippen LogP contribution < -0.4 is 9.47 Å². The van der Waals surface area contributed by atoms with Crippen molar-refractivity contribution in [3.05, 3.63) is 30.2 Å². The number of methoxy groups -OCH3 is 2. The van der Waals surface area contributed by atoms with Gasteiger partial charge >= 0.3 is 0 Å². The van der Waals surface area contributed by atoms with E-state index in [0.29, 0.717) is 0 Å². The second kappa shape index (κ2) is 5.92. The summed E-state index contributed by atoms with van der Waals surface area (Å²) in [6.07, 6.45) is 4.71. The SMILES string of the molecule is COc1cccc(OC)c1CN1CC[CH]CC1. The topological polar surface area (TPSA) is 21.7 Å². The molecule has 1 saturated heterocycles. The molecule has 0 aliphatic carbocycles. The molecular weight excluding hydrogens is 214 g/mol. The summed E-state index contributed by atoms with van der Waals surface area (Å²) >= 11 is 0. The Bertz CT molecular complexity index is 337. The molecule has 1 aromatic carbocycles. The van der Waals surface area contributed by atoms with E-state index in [1.807, 2.05) is 18.2 Å². The van der Waals surface area contributed by atoms with E-state index >= 15 is 0 Å². The van der Waals surface area contributed by atoms with Gasteiger partial charge in [0.15, 0.2) is 0 Å². The standard InChI is InChI=1S/C14H20NO2/c1-16-13-7-6-8-14(17-2)12(13)11-15-9-4-3-5-10-15/h3,6-8H,4-5,9-11H2,1-2H3. The van der Waals surface area contributed by atoms with E-state index < -0.39 is 0 Å². The van der Waals surface area contributed by atoms with Crippen molar-refractivity contribution in [1.29, 1.82) is 0 Å². The first kappa shape index (κ1) is 12.2. The van der Waals surface area contributed by atoms with Crippen LogP contribution in [0.5, 0.6) is 11.5 Å². The lowest BCUT2D eigenvalue weighted by molar-refractivity contribution is 0.238. The molecule has 0 bridgehead atoms. The van der Waals surface area contributed by atoms with Gasteiger partial charge < -0.3 is 9.47 Å². The molecule has 1 aliphatic heterocycles. The third-order valence-electron chi connectivity index (χ3n) is 3.21. The zero-order valence-electron chi connectivity index (χ0n) is 10.6. The molecule has 1 radical (unpaired) electrons. The maximum absolute atomic E-state index is 5.41. The fraction of sp³-hybridized carbons (Fsp3) is 0.500. The number of likely N-dealkylation sites (tertiary alicyclic amines) is 1. The minimum atomic E-state index is 0.904. The lowest BCUT2D eigenvalue weighted by Gasteiger charge is -2.27. The summed E-state index contributed by atoms with van der Waals surface area (Å²) in [5.41, 5.74) is 1.15. The van der Waals surface area contributed by atoms with E-state index in [9.17, 15) is 0 Å². The first-order chi connectivity index (χ1) is 8.35. The Kier molecular flexibility index (Phi) is 4.26. The zero-order valence-corrected chi connectivity index (χ0v) is 10.6. The van der Waals surface area contributed by atoms with Crippen molar-refractivity contribution in [2.75, 3.05) is 27.3 Å². The smallest absolute Gasteiger partial charge is 0.127 e. The molecule has 0 unspecified atom stereocenters. The van der Waals surface area contributed by atoms with Crippen molar-refractivity contribution < 1.29 is 9.47 Å². The number of benzene rings is 1. The van der Waals surface area contributed by atoms with Gasteiger partial charge in [0.1, 0.15) is 11.5 Å². The van der Waals surface area contributed by atoms with E-state index in [0.717, 1.165) is 36.7 Å². The van der Waals surface area contributed by atoms with Gasteiger partial charge in [0.2, 0.25) is 0 Å². The van der Waals surface area contributed by atoms with Crippen LogP contribution in [0, 0.1) is 6.42 Å². The molecule has 1 heterocycles. The summed E-state index contributed by atoms with van der Waals surface area (Å²) < 4.78 is 10.8. The number of rotatable bonds is 4. The van der Waals surface area contributed by atoms with E-state index in [4.69, 9.17) is 9.47 Å². The predicted octanol–water partition coefficient (Wildman–Crippen LogP) is 2.50. The highest BCUT2D eigenvalue weighted by Crippen LogP contribution is 2.30. The quantitative estimate of drug-likeness (QED) is 0.799. The molecule has 0 saturated carbocycles. The zero-order chi connectivity index (χ0) is 12.1. The molecule has 0 amide bonds. The average molecular weight is 234 g/mol. The molecule has 93 valence electrons. The fourth-order valence-corrected chi connectivity index (χ4v) is 2.27. The van der Waals surface area contributed by atoms with Gasteiger partial charge in [0.05, 0.1) is 19.8 Å². The molecular formula is C14H20NO2. The molecule has 1 aromatic rings. The Hall–Kier alpha value is -1.22. The molecule has 2 rings (SSSR count). The molecule has 1 aliphatic rings. The van der Waals surface area contributed by atoms with Gasteiger partial charge in [-0.3, -0.25) is 4.90 Å². The van der Waals surface area contributed by atoms with Gasteiger partial charge in [-0.15, -0.1) is 0 Å². The number of hydrogen-bond donors (Lipinski definition) is 0. The van der Waals surface area contributed by atoms with Crippen LogP contribution in [-0.2, 0) is 6.54 Å². The molecule has 0 N–H and O–H groups in total. The summed E-state index contributed by atoms with van der Waals surface area (Å²) in [6.45, 7) is 3.16. The van der Waals surface area contributed by atoms with E-state index in [1.54, 1.807) is 14.2 Å². The summed E-state index contributed by atoms with van der Waals surface area (Å²) in [6, 6.07) is 5.95. The Morgan fingerprint density at radius 1 is 1.06 bits per heavy atom. The van der Waals surface area contributed by atoms with Gasteiger partial charge in [-0.2, -0.15) is 0 Å². The van der Waals surface area contributed by atoms with Crippen LogP contribution in [0.1, 0.15) is 18.4 Å². The van der Waals surface area contributed by atoms with Crippen LogP contribution in [0.25, 0.3) is 0 Å². The first-order valence-corrected chi connectivity index (χ1v) is 6.09.